The Balaban J connectivity index is 0.000000126. The van der Waals surface area contributed by atoms with E-state index in [1.54, 1.807) is 183 Å². The molecule has 5 amide bonds. The number of aromatic nitrogens is 5. The summed E-state index contributed by atoms with van der Waals surface area (Å²) in [5.41, 5.74) is 10.6. The number of rotatable bonds is 18. The van der Waals surface area contributed by atoms with Gasteiger partial charge < -0.3 is 97.1 Å². The molecule has 0 atom stereocenters. The third kappa shape index (κ3) is 21.7. The largest absolute Gasteiger partial charge is 0.493 e. The second kappa shape index (κ2) is 44.2. The number of ether oxygens (including phenoxy) is 12. The number of hydrogen-bond acceptors (Lipinski definition) is 23. The summed E-state index contributed by atoms with van der Waals surface area (Å²) in [6.45, 7) is 11.8. The highest BCUT2D eigenvalue weighted by molar-refractivity contribution is 6.17. The molecule has 4 aliphatic rings. The Bertz CT molecular complexity index is 8400. The summed E-state index contributed by atoms with van der Waals surface area (Å²) in [7, 11) is 10.6. The number of hydrogen-bond donors (Lipinski definition) is 5. The minimum Gasteiger partial charge on any atom is -0.493 e. The fourth-order valence-electron chi connectivity index (χ4n) is 17.2. The number of pyridine rings is 5. The Morgan fingerprint density at radius 2 is 0.714 bits per heavy atom. The molecule has 5 aromatic heterocycles. The molecule has 9 heterocycles. The molecule has 0 bridgehead atoms. The molecule has 746 valence electrons. The smallest absolute Gasteiger partial charge is 0.337 e. The zero-order valence-electron chi connectivity index (χ0n) is 82.1. The SMILES string of the molecule is CCn1cc(C(=O)Nc2ccc3c(c2)OCCO3)c2cc(OC)c(OC)cc2c1=O.COC(=O)c1ccc(NC(=O)c2cn(C)c(=O)c3ccccc23)cc1.COc1cc2c(C(=O)Nc3ccc4c(c3)OCCO4)cn(-c3ccc(C)cc3)c(=O)c2cc1OC.Cc1ccc(-n2cc(C(=O)Nc3ccc4c(c3)OCCO4)c3ccccc3c2=O)cc1C.Cn1c(=O)cc(C(=O)Nc2ccc3c(c2)CCCO3)c2ccccc21. The van der Waals surface area contributed by atoms with E-state index in [1.807, 2.05) is 119 Å². The van der Waals surface area contributed by atoms with E-state index in [4.69, 9.17) is 52.1 Å². The molecule has 17 aromatic rings. The van der Waals surface area contributed by atoms with Crippen LogP contribution in [0.2, 0.25) is 0 Å². The van der Waals surface area contributed by atoms with E-state index in [-0.39, 0.29) is 57.3 Å². The van der Waals surface area contributed by atoms with Gasteiger partial charge in [0.1, 0.15) is 45.4 Å². The predicted molar refractivity (Wildman–Crippen MR) is 562 cm³/mol. The number of fused-ring (bicyclic) bond motifs is 9. The van der Waals surface area contributed by atoms with Crippen molar-refractivity contribution in [3.8, 4) is 74.6 Å². The fourth-order valence-corrected chi connectivity index (χ4v) is 17.2. The fraction of sp³-hybridized carbons (Fsp3) is 0.184. The van der Waals surface area contributed by atoms with Gasteiger partial charge in [0.15, 0.2) is 57.5 Å². The third-order valence-electron chi connectivity index (χ3n) is 25.1. The van der Waals surface area contributed by atoms with Gasteiger partial charge in [-0.1, -0.05) is 78.4 Å². The molecule has 0 aliphatic carbocycles. The van der Waals surface area contributed by atoms with Gasteiger partial charge in [-0.15, -0.1) is 0 Å². The maximum atomic E-state index is 13.5. The van der Waals surface area contributed by atoms with Gasteiger partial charge in [-0.2, -0.15) is 0 Å². The molecule has 0 spiro atoms. The van der Waals surface area contributed by atoms with E-state index < -0.39 is 5.97 Å². The quantitative estimate of drug-likeness (QED) is 0.0498. The first-order valence-corrected chi connectivity index (χ1v) is 47.0. The lowest BCUT2D eigenvalue weighted by atomic mass is 10.0. The topological polar surface area (TPSA) is 383 Å². The van der Waals surface area contributed by atoms with Gasteiger partial charge in [-0.3, -0.25) is 57.1 Å². The molecule has 33 nitrogen and oxygen atoms in total. The van der Waals surface area contributed by atoms with Crippen LogP contribution in [0.25, 0.3) is 65.4 Å². The summed E-state index contributed by atoms with van der Waals surface area (Å²) in [6.07, 6.45) is 8.15. The lowest BCUT2D eigenvalue weighted by Gasteiger charge is -2.19. The second-order valence-electron chi connectivity index (χ2n) is 34.4. The molecule has 0 fully saturated rings. The lowest BCUT2D eigenvalue weighted by Crippen LogP contribution is -2.23. The molecular weight excluding hydrogens is 1880 g/mol. The minimum absolute atomic E-state index is 0.158. The van der Waals surface area contributed by atoms with Crippen molar-refractivity contribution < 1.29 is 85.6 Å². The number of benzene rings is 12. The number of carbonyl (C=O) groups is 6. The molecule has 0 unspecified atom stereocenters. The zero-order valence-corrected chi connectivity index (χ0v) is 82.1. The van der Waals surface area contributed by atoms with Crippen molar-refractivity contribution in [1.82, 2.24) is 22.8 Å². The minimum atomic E-state index is -0.443. The Labute approximate surface area is 840 Å². The summed E-state index contributed by atoms with van der Waals surface area (Å²) >= 11 is 0. The van der Waals surface area contributed by atoms with Crippen LogP contribution >= 0.6 is 0 Å². The standard InChI is InChI=1S/C27H24N2O6.C26H22N2O4.C22H22N2O6.C20H18N2O3.C19H16N2O4/c1-16-4-7-18(8-5-16)29-15-21(19-13-23(32-2)24(33-3)14-20(19)27(29)31)26(30)28-17-6-9-22-25(12-17)35-11-10-34-22;1-16-7-9-19(13-17(16)2)28-15-22(20-5-3-4-6-21(20)26(28)30)25(29)27-18-8-10-23-24(14-18)32-12-11-31-23;1-4-24-12-16(14-10-18(27-2)19(28-3)11-15(14)22(24)26)21(25)23-13-5-6-17-20(9-13)30-8-7-29-17;1-22-17-7-3-2-6-15(17)16(12-19(22)23)20(24)21-14-8-9-18-13(11-14)5-4-10-25-18;1-21-11-16(14-5-3-4-6-15(14)18(21)23)17(22)20-13-9-7-12(8-10-13)19(24)25-2/h4-9,12-15H,10-11H2,1-3H3,(H,28,30);3-10,13-15H,11-12H2,1-2H3,(H,27,29);5-6,9-12H,4,7-8H2,1-3H3,(H,23,25);2-3,6-9,11-12H,4-5,10H2,1H3,(H,21,24);3-11H,1-2H3,(H,20,22). The predicted octanol–water partition coefficient (Wildman–Crippen LogP) is 17.7. The number of carbonyl (C=O) groups excluding carboxylic acids is 6. The molecule has 0 saturated carbocycles. The highest BCUT2D eigenvalue weighted by Gasteiger charge is 2.27. The zero-order chi connectivity index (χ0) is 103. The normalized spacial score (nSPS) is 12.2. The Hall–Kier alpha value is -18.7. The van der Waals surface area contributed by atoms with Crippen LogP contribution in [0.4, 0.5) is 28.4 Å². The Morgan fingerprint density at radius 3 is 1.20 bits per heavy atom. The van der Waals surface area contributed by atoms with Crippen LogP contribution in [-0.2, 0) is 31.8 Å². The first-order chi connectivity index (χ1) is 71.2. The molecule has 0 radical (unpaired) electrons. The molecular formula is C114H102N10O23. The van der Waals surface area contributed by atoms with Gasteiger partial charge in [0.25, 0.3) is 57.3 Å². The number of aryl methyl sites for hydroxylation is 7. The van der Waals surface area contributed by atoms with Gasteiger partial charge in [-0.25, -0.2) is 4.79 Å². The van der Waals surface area contributed by atoms with Crippen molar-refractivity contribution in [1.29, 1.82) is 0 Å². The van der Waals surface area contributed by atoms with Crippen molar-refractivity contribution in [3.63, 3.8) is 0 Å². The molecule has 21 rings (SSSR count). The highest BCUT2D eigenvalue weighted by Crippen LogP contribution is 2.40. The first-order valence-electron chi connectivity index (χ1n) is 47.0. The van der Waals surface area contributed by atoms with E-state index >= 15 is 0 Å². The van der Waals surface area contributed by atoms with Gasteiger partial charge in [0.2, 0.25) is 0 Å². The number of nitrogens with one attached hydrogen (secondary N) is 5. The van der Waals surface area contributed by atoms with Crippen LogP contribution in [0.15, 0.2) is 291 Å². The van der Waals surface area contributed by atoms with Crippen molar-refractivity contribution >= 4 is 118 Å². The lowest BCUT2D eigenvalue weighted by molar-refractivity contribution is 0.0600. The summed E-state index contributed by atoms with van der Waals surface area (Å²) in [5.74, 6) is 4.10. The Kier molecular flexibility index (Phi) is 30.0. The van der Waals surface area contributed by atoms with E-state index in [0.717, 1.165) is 64.0 Å². The number of para-hydroxylation sites is 1. The van der Waals surface area contributed by atoms with Crippen molar-refractivity contribution in [3.05, 3.63) is 375 Å². The number of methoxy groups -OCH3 is 5. The van der Waals surface area contributed by atoms with Crippen molar-refractivity contribution in [2.24, 2.45) is 14.1 Å². The monoisotopic (exact) mass is 1980 g/mol. The van der Waals surface area contributed by atoms with Crippen LogP contribution < -0.4 is 106 Å². The molecule has 33 heteroatoms. The third-order valence-corrected chi connectivity index (χ3v) is 25.1. The molecule has 5 N–H and O–H groups in total. The molecule has 4 aliphatic heterocycles. The summed E-state index contributed by atoms with van der Waals surface area (Å²) in [6, 6.07) is 70.5. The average molecular weight is 1980 g/mol. The first kappa shape index (κ1) is 99.9. The van der Waals surface area contributed by atoms with Gasteiger partial charge in [0.05, 0.1) is 91.8 Å². The van der Waals surface area contributed by atoms with Gasteiger partial charge in [0, 0.05) is 147 Å². The maximum Gasteiger partial charge on any atom is 0.337 e. The maximum absolute atomic E-state index is 13.5. The van der Waals surface area contributed by atoms with E-state index in [9.17, 15) is 52.7 Å². The number of amides is 5. The van der Waals surface area contributed by atoms with Crippen LogP contribution in [0.3, 0.4) is 0 Å². The van der Waals surface area contributed by atoms with E-state index in [0.29, 0.717) is 214 Å². The molecule has 147 heavy (non-hydrogen) atoms. The summed E-state index contributed by atoms with van der Waals surface area (Å²) in [4.78, 5) is 141. The van der Waals surface area contributed by atoms with E-state index in [1.165, 1.54) is 66.1 Å². The van der Waals surface area contributed by atoms with Gasteiger partial charge in [-0.05, 0) is 203 Å². The second-order valence-corrected chi connectivity index (χ2v) is 34.4. The van der Waals surface area contributed by atoms with Crippen molar-refractivity contribution in [2.45, 2.75) is 47.1 Å². The van der Waals surface area contributed by atoms with Crippen LogP contribution in [0.5, 0.6) is 63.2 Å². The average Bonchev–Trinajstić information content (AvgIpc) is 0.754. The Morgan fingerprint density at radius 1 is 0.327 bits per heavy atom. The number of nitrogens with zero attached hydrogens (tertiary/aromatic N) is 5. The number of esters is 1. The van der Waals surface area contributed by atoms with E-state index in [2.05, 4.69) is 31.3 Å². The van der Waals surface area contributed by atoms with Crippen molar-refractivity contribution in [2.75, 3.05) is 108 Å². The summed E-state index contributed by atoms with van der Waals surface area (Å²) in [5, 5.41) is 19.0. The highest BCUT2D eigenvalue weighted by atomic mass is 16.6. The molecule has 12 aromatic carbocycles. The molecule has 0 saturated heterocycles. The van der Waals surface area contributed by atoms with Gasteiger partial charge >= 0.3 is 5.97 Å². The van der Waals surface area contributed by atoms with Crippen LogP contribution in [-0.4, -0.2) is 140 Å². The van der Waals surface area contributed by atoms with Crippen LogP contribution in [0.1, 0.15) is 97.7 Å². The van der Waals surface area contributed by atoms with Crippen LogP contribution in [0, 0.1) is 20.8 Å². The number of anilines is 5. The summed E-state index contributed by atoms with van der Waals surface area (Å²) < 4.78 is 72.6.